The number of carbonyl (C=O) groups excluding carboxylic acids is 3. The molecule has 0 unspecified atom stereocenters. The molecule has 1 fully saturated rings. The fourth-order valence-electron chi connectivity index (χ4n) is 2.26. The van der Waals surface area contributed by atoms with Gasteiger partial charge in [0.1, 0.15) is 6.54 Å². The largest absolute Gasteiger partial charge is 0.490 e. The average molecular weight is 393 g/mol. The minimum atomic E-state index is -0.649. The molecule has 1 aromatic rings. The van der Waals surface area contributed by atoms with Crippen LogP contribution in [0.4, 0.5) is 4.79 Å². The number of hydrogen-bond donors (Lipinski definition) is 0. The van der Waals surface area contributed by atoms with Crippen LogP contribution in [0.15, 0.2) is 23.1 Å². The first kappa shape index (κ1) is 20.8. The van der Waals surface area contributed by atoms with Crippen LogP contribution in [0.2, 0.25) is 0 Å². The molecule has 7 nitrogen and oxygen atoms in total. The van der Waals surface area contributed by atoms with Crippen molar-refractivity contribution in [3.05, 3.63) is 28.7 Å². The third-order valence-electron chi connectivity index (χ3n) is 3.86. The summed E-state index contributed by atoms with van der Waals surface area (Å²) in [5, 5.41) is -0.501. The number of ether oxygens (including phenoxy) is 3. The van der Waals surface area contributed by atoms with E-state index in [0.29, 0.717) is 23.7 Å². The number of esters is 1. The molecular formula is C19H23NO6S. The van der Waals surface area contributed by atoms with Crippen LogP contribution >= 0.6 is 11.8 Å². The van der Waals surface area contributed by atoms with Gasteiger partial charge in [-0.25, -0.2) is 0 Å². The van der Waals surface area contributed by atoms with Crippen LogP contribution in [0, 0.1) is 0 Å². The van der Waals surface area contributed by atoms with Crippen LogP contribution in [-0.2, 0) is 14.3 Å². The minimum Gasteiger partial charge on any atom is -0.490 e. The lowest BCUT2D eigenvalue weighted by Gasteiger charge is -2.16. The zero-order valence-corrected chi connectivity index (χ0v) is 16.6. The molecule has 1 atom stereocenters. The van der Waals surface area contributed by atoms with E-state index in [2.05, 4.69) is 4.74 Å². The lowest BCUT2D eigenvalue weighted by Crippen LogP contribution is -2.34. The molecule has 2 amide bonds. The molecular weight excluding hydrogens is 370 g/mol. The van der Waals surface area contributed by atoms with Crippen LogP contribution < -0.4 is 9.47 Å². The van der Waals surface area contributed by atoms with E-state index in [1.54, 1.807) is 24.3 Å². The summed E-state index contributed by atoms with van der Waals surface area (Å²) in [6, 6.07) is 5.33. The van der Waals surface area contributed by atoms with Gasteiger partial charge in [-0.15, -0.1) is 0 Å². The molecule has 8 heteroatoms. The van der Waals surface area contributed by atoms with Gasteiger partial charge in [-0.1, -0.05) is 13.0 Å². The highest BCUT2D eigenvalue weighted by molar-refractivity contribution is 8.18. The van der Waals surface area contributed by atoms with E-state index >= 15 is 0 Å². The number of hydrogen-bond acceptors (Lipinski definition) is 7. The molecule has 27 heavy (non-hydrogen) atoms. The number of thioether (sulfide) groups is 1. The molecule has 1 aliphatic heterocycles. The zero-order valence-electron chi connectivity index (χ0n) is 15.8. The number of methoxy groups -OCH3 is 1. The molecule has 1 aliphatic rings. The Balaban J connectivity index is 2.25. The Bertz CT molecular complexity index is 761. The summed E-state index contributed by atoms with van der Waals surface area (Å²) in [6.07, 6.45) is 2.50. The Morgan fingerprint density at radius 3 is 2.63 bits per heavy atom. The fraction of sp³-hybridized carbons (Fsp3) is 0.421. The first-order chi connectivity index (χ1) is 12.9. The van der Waals surface area contributed by atoms with Gasteiger partial charge in [0.15, 0.2) is 11.5 Å². The molecule has 1 heterocycles. The van der Waals surface area contributed by atoms with Gasteiger partial charge in [0.2, 0.25) is 0 Å². The van der Waals surface area contributed by atoms with E-state index in [1.165, 1.54) is 7.11 Å². The van der Waals surface area contributed by atoms with Crippen molar-refractivity contribution in [3.8, 4) is 11.5 Å². The number of benzene rings is 1. The average Bonchev–Trinajstić information content (AvgIpc) is 2.91. The summed E-state index contributed by atoms with van der Waals surface area (Å²) in [4.78, 5) is 36.8. The maximum Gasteiger partial charge on any atom is 0.325 e. The van der Waals surface area contributed by atoms with Gasteiger partial charge < -0.3 is 14.2 Å². The van der Waals surface area contributed by atoms with Crippen molar-refractivity contribution < 1.29 is 28.6 Å². The van der Waals surface area contributed by atoms with Crippen LogP contribution in [0.25, 0.3) is 6.08 Å². The van der Waals surface area contributed by atoms with Crippen LogP contribution in [0.5, 0.6) is 11.5 Å². The third kappa shape index (κ3) is 5.26. The number of amides is 2. The quantitative estimate of drug-likeness (QED) is 0.494. The minimum absolute atomic E-state index is 0.0462. The van der Waals surface area contributed by atoms with E-state index in [0.717, 1.165) is 23.1 Å². The summed E-state index contributed by atoms with van der Waals surface area (Å²) < 4.78 is 16.0. The van der Waals surface area contributed by atoms with Crippen molar-refractivity contribution in [1.29, 1.82) is 0 Å². The van der Waals surface area contributed by atoms with Gasteiger partial charge in [-0.05, 0) is 55.8 Å². The summed E-state index contributed by atoms with van der Waals surface area (Å²) >= 11 is 0.785. The zero-order chi connectivity index (χ0) is 20.0. The maximum absolute atomic E-state index is 12.4. The predicted octanol–water partition coefficient (Wildman–Crippen LogP) is 3.47. The lowest BCUT2D eigenvalue weighted by molar-refractivity contribution is -0.143. The fourth-order valence-corrected chi connectivity index (χ4v) is 3.10. The molecule has 1 aromatic carbocycles. The highest BCUT2D eigenvalue weighted by atomic mass is 32.2. The summed E-state index contributed by atoms with van der Waals surface area (Å²) in [6.45, 7) is 5.95. The van der Waals surface area contributed by atoms with Crippen LogP contribution in [0.3, 0.4) is 0 Å². The van der Waals surface area contributed by atoms with Crippen molar-refractivity contribution in [2.24, 2.45) is 0 Å². The highest BCUT2D eigenvalue weighted by Crippen LogP contribution is 2.35. The Hall–Kier alpha value is -2.48. The normalized spacial score (nSPS) is 16.6. The van der Waals surface area contributed by atoms with Crippen LogP contribution in [0.1, 0.15) is 32.8 Å². The second kappa shape index (κ2) is 9.45. The number of carbonyl (C=O) groups is 3. The Morgan fingerprint density at radius 2 is 2.00 bits per heavy atom. The maximum atomic E-state index is 12.4. The Morgan fingerprint density at radius 1 is 1.26 bits per heavy atom. The first-order valence-corrected chi connectivity index (χ1v) is 9.46. The molecule has 0 aliphatic carbocycles. The summed E-state index contributed by atoms with van der Waals surface area (Å²) in [5.41, 5.74) is 0.693. The monoisotopic (exact) mass is 393 g/mol. The number of nitrogens with zero attached hydrogens (tertiary/aromatic N) is 1. The highest BCUT2D eigenvalue weighted by Gasteiger charge is 2.36. The Kier molecular flexibility index (Phi) is 7.29. The SMILES string of the molecule is CCOc1cc(/C=C2/SC(=O)N(CC(=O)OC)C2=O)ccc1O[C@@H](C)CC. The van der Waals surface area contributed by atoms with Crippen molar-refractivity contribution in [2.75, 3.05) is 20.3 Å². The Labute approximate surface area is 162 Å². The van der Waals surface area contributed by atoms with E-state index in [9.17, 15) is 14.4 Å². The van der Waals surface area contributed by atoms with Gasteiger partial charge in [-0.3, -0.25) is 19.3 Å². The number of imide groups is 1. The molecule has 146 valence electrons. The first-order valence-electron chi connectivity index (χ1n) is 8.65. The summed E-state index contributed by atoms with van der Waals surface area (Å²) in [7, 11) is 1.20. The van der Waals surface area contributed by atoms with E-state index in [4.69, 9.17) is 9.47 Å². The van der Waals surface area contributed by atoms with E-state index in [1.807, 2.05) is 20.8 Å². The predicted molar refractivity (Wildman–Crippen MR) is 103 cm³/mol. The smallest absolute Gasteiger partial charge is 0.325 e. The van der Waals surface area contributed by atoms with Gasteiger partial charge in [-0.2, -0.15) is 0 Å². The number of rotatable bonds is 8. The van der Waals surface area contributed by atoms with E-state index in [-0.39, 0.29) is 11.0 Å². The third-order valence-corrected chi connectivity index (χ3v) is 4.76. The van der Waals surface area contributed by atoms with Crippen molar-refractivity contribution in [3.63, 3.8) is 0 Å². The van der Waals surface area contributed by atoms with Crippen molar-refractivity contribution in [1.82, 2.24) is 4.90 Å². The molecule has 0 N–H and O–H groups in total. The van der Waals surface area contributed by atoms with Crippen LogP contribution in [-0.4, -0.2) is 48.4 Å². The molecule has 0 aromatic heterocycles. The second-order valence-electron chi connectivity index (χ2n) is 5.82. The molecule has 0 bridgehead atoms. The van der Waals surface area contributed by atoms with Crippen molar-refractivity contribution in [2.45, 2.75) is 33.3 Å². The van der Waals surface area contributed by atoms with Gasteiger partial charge in [0.05, 0.1) is 24.7 Å². The molecule has 0 spiro atoms. The van der Waals surface area contributed by atoms with Gasteiger partial charge >= 0.3 is 5.97 Å². The second-order valence-corrected chi connectivity index (χ2v) is 6.81. The molecule has 1 saturated heterocycles. The van der Waals surface area contributed by atoms with Gasteiger partial charge in [0, 0.05) is 0 Å². The van der Waals surface area contributed by atoms with Crippen molar-refractivity contribution >= 4 is 35.0 Å². The van der Waals surface area contributed by atoms with Gasteiger partial charge in [0.25, 0.3) is 11.1 Å². The molecule has 0 radical (unpaired) electrons. The lowest BCUT2D eigenvalue weighted by atomic mass is 10.1. The van der Waals surface area contributed by atoms with E-state index < -0.39 is 23.7 Å². The summed E-state index contributed by atoms with van der Waals surface area (Å²) in [5.74, 6) is 0.0273. The topological polar surface area (TPSA) is 82.1 Å². The molecule has 0 saturated carbocycles. The molecule has 2 rings (SSSR count). The standard InChI is InChI=1S/C19H23NO6S/c1-5-12(3)26-14-8-7-13(9-15(14)25-6-2)10-16-18(22)20(19(23)27-16)11-17(21)24-4/h7-10,12H,5-6,11H2,1-4H3/b16-10+/t12-/m0/s1.